The van der Waals surface area contributed by atoms with Gasteiger partial charge >= 0.3 is 0 Å². The number of nitro benzene ring substituents is 2. The van der Waals surface area contributed by atoms with E-state index in [2.05, 4.69) is 5.32 Å². The van der Waals surface area contributed by atoms with Crippen molar-refractivity contribution in [3.63, 3.8) is 0 Å². The highest BCUT2D eigenvalue weighted by molar-refractivity contribution is 5.95. The summed E-state index contributed by atoms with van der Waals surface area (Å²) in [6.07, 6.45) is -5.05. The molecular formula is C14H18N4O9. The van der Waals surface area contributed by atoms with Crippen molar-refractivity contribution in [2.75, 3.05) is 13.7 Å². The lowest BCUT2D eigenvalue weighted by Gasteiger charge is -2.42. The molecule has 5 atom stereocenters. The van der Waals surface area contributed by atoms with Crippen molar-refractivity contribution in [1.29, 1.82) is 0 Å². The largest absolute Gasteiger partial charge is 0.388 e. The Bertz CT molecular complexity index is 709. The van der Waals surface area contributed by atoms with Crippen molar-refractivity contribution < 1.29 is 34.3 Å². The van der Waals surface area contributed by atoms with Gasteiger partial charge in [0.05, 0.1) is 21.5 Å². The number of aliphatic hydroxyl groups is 2. The van der Waals surface area contributed by atoms with Crippen molar-refractivity contribution in [2.24, 2.45) is 5.73 Å². The molecule has 1 amide bonds. The van der Waals surface area contributed by atoms with Crippen LogP contribution < -0.4 is 11.1 Å². The summed E-state index contributed by atoms with van der Waals surface area (Å²) < 4.78 is 10.4. The molecule has 2 rings (SSSR count). The minimum absolute atomic E-state index is 0.115. The Hall–Kier alpha value is -2.71. The number of benzene rings is 1. The van der Waals surface area contributed by atoms with Crippen LogP contribution in [0.4, 0.5) is 11.4 Å². The summed E-state index contributed by atoms with van der Waals surface area (Å²) in [4.78, 5) is 32.5. The second-order valence-corrected chi connectivity index (χ2v) is 5.75. The average Bonchev–Trinajstić information content (AvgIpc) is 2.65. The highest BCUT2D eigenvalue weighted by Crippen LogP contribution is 2.25. The fourth-order valence-electron chi connectivity index (χ4n) is 2.65. The number of nitrogens with zero attached hydrogens (tertiary/aromatic N) is 2. The molecule has 0 bridgehead atoms. The standard InChI is InChI=1S/C14H18N4O9/c1-26-14-10(12(20)11(19)9(5-15)27-14)16-13(21)6-2-7(17(22)23)4-8(3-6)18(24)25/h2-4,9-12,14,19-20H,5,15H2,1H3,(H,16,21)/t9-,10-,11-,12-,14?/m1/s1. The number of carbonyl (C=O) groups is 1. The van der Waals surface area contributed by atoms with E-state index in [4.69, 9.17) is 15.2 Å². The quantitative estimate of drug-likeness (QED) is 0.334. The van der Waals surface area contributed by atoms with E-state index in [0.29, 0.717) is 6.07 Å². The van der Waals surface area contributed by atoms with Crippen molar-refractivity contribution >= 4 is 17.3 Å². The molecule has 0 saturated carbocycles. The molecule has 0 spiro atoms. The van der Waals surface area contributed by atoms with Crippen molar-refractivity contribution in [3.05, 3.63) is 44.0 Å². The first kappa shape index (κ1) is 20.6. The van der Waals surface area contributed by atoms with Gasteiger partial charge in [-0.25, -0.2) is 0 Å². The molecule has 0 radical (unpaired) electrons. The van der Waals surface area contributed by atoms with Crippen molar-refractivity contribution in [2.45, 2.75) is 30.6 Å². The number of ether oxygens (including phenoxy) is 2. The monoisotopic (exact) mass is 386 g/mol. The number of carbonyl (C=O) groups excluding carboxylic acids is 1. The molecule has 0 aromatic heterocycles. The predicted octanol–water partition coefficient (Wildman–Crippen LogP) is -1.35. The van der Waals surface area contributed by atoms with Gasteiger partial charge in [0.2, 0.25) is 0 Å². The highest BCUT2D eigenvalue weighted by atomic mass is 16.7. The second-order valence-electron chi connectivity index (χ2n) is 5.75. The van der Waals surface area contributed by atoms with Gasteiger partial charge < -0.3 is 30.7 Å². The molecule has 1 aliphatic rings. The van der Waals surface area contributed by atoms with Crippen LogP contribution in [0, 0.1) is 20.2 Å². The zero-order chi connectivity index (χ0) is 20.3. The van der Waals surface area contributed by atoms with Crippen molar-refractivity contribution in [1.82, 2.24) is 5.32 Å². The summed E-state index contributed by atoms with van der Waals surface area (Å²) in [6, 6.07) is 1.15. The van der Waals surface area contributed by atoms with E-state index >= 15 is 0 Å². The number of methoxy groups -OCH3 is 1. The van der Waals surface area contributed by atoms with Crippen LogP contribution in [0.25, 0.3) is 0 Å². The molecule has 1 saturated heterocycles. The zero-order valence-corrected chi connectivity index (χ0v) is 14.0. The normalized spacial score (nSPS) is 27.8. The Morgan fingerprint density at radius 1 is 1.22 bits per heavy atom. The van der Waals surface area contributed by atoms with Gasteiger partial charge in [-0.2, -0.15) is 0 Å². The van der Waals surface area contributed by atoms with E-state index in [9.17, 15) is 35.2 Å². The zero-order valence-electron chi connectivity index (χ0n) is 14.0. The summed E-state index contributed by atoms with van der Waals surface area (Å²) >= 11 is 0. The van der Waals surface area contributed by atoms with Crippen LogP contribution in [-0.4, -0.2) is 70.3 Å². The summed E-state index contributed by atoms with van der Waals surface area (Å²) in [6.45, 7) is -0.115. The Kier molecular flexibility index (Phi) is 6.35. The lowest BCUT2D eigenvalue weighted by atomic mass is 9.96. The molecule has 1 fully saturated rings. The number of rotatable bonds is 6. The Morgan fingerprint density at radius 3 is 2.22 bits per heavy atom. The van der Waals surface area contributed by atoms with Crippen LogP contribution in [0.1, 0.15) is 10.4 Å². The molecule has 13 nitrogen and oxygen atoms in total. The maximum absolute atomic E-state index is 12.4. The summed E-state index contributed by atoms with van der Waals surface area (Å²) in [5.74, 6) is -0.963. The maximum atomic E-state index is 12.4. The van der Waals surface area contributed by atoms with Crippen LogP contribution in [-0.2, 0) is 9.47 Å². The smallest absolute Gasteiger partial charge is 0.277 e. The number of non-ortho nitro benzene ring substituents is 2. The average molecular weight is 386 g/mol. The number of nitrogens with two attached hydrogens (primary N) is 1. The Balaban J connectivity index is 2.30. The van der Waals surface area contributed by atoms with Crippen LogP contribution in [0.5, 0.6) is 0 Å². The Morgan fingerprint density at radius 2 is 1.78 bits per heavy atom. The molecule has 1 aromatic rings. The minimum Gasteiger partial charge on any atom is -0.388 e. The molecular weight excluding hydrogens is 368 g/mol. The lowest BCUT2D eigenvalue weighted by molar-refractivity contribution is -0.394. The third-order valence-electron chi connectivity index (χ3n) is 4.05. The predicted molar refractivity (Wildman–Crippen MR) is 87.7 cm³/mol. The number of nitrogens with one attached hydrogen (secondary N) is 1. The number of hydrogen-bond acceptors (Lipinski definition) is 10. The van der Waals surface area contributed by atoms with Gasteiger partial charge in [-0.05, 0) is 0 Å². The SMILES string of the molecule is COC1O[C@H](CN)[C@@H](O)[C@H](O)[C@H]1NC(=O)c1cc([N+](=O)[O-])cc([N+](=O)[O-])c1. The van der Waals surface area contributed by atoms with Gasteiger partial charge in [0.1, 0.15) is 24.4 Å². The van der Waals surface area contributed by atoms with Gasteiger partial charge in [-0.3, -0.25) is 25.0 Å². The van der Waals surface area contributed by atoms with E-state index < -0.39 is 57.8 Å². The topological polar surface area (TPSA) is 200 Å². The first-order valence-corrected chi connectivity index (χ1v) is 7.68. The van der Waals surface area contributed by atoms with Gasteiger partial charge in [0.25, 0.3) is 17.3 Å². The van der Waals surface area contributed by atoms with Gasteiger partial charge in [0, 0.05) is 25.8 Å². The van der Waals surface area contributed by atoms with E-state index in [1.807, 2.05) is 0 Å². The van der Waals surface area contributed by atoms with Gasteiger partial charge in [-0.1, -0.05) is 0 Å². The lowest BCUT2D eigenvalue weighted by Crippen LogP contribution is -2.65. The van der Waals surface area contributed by atoms with E-state index in [-0.39, 0.29) is 12.1 Å². The van der Waals surface area contributed by atoms with Gasteiger partial charge in [-0.15, -0.1) is 0 Å². The molecule has 27 heavy (non-hydrogen) atoms. The second kappa shape index (κ2) is 8.32. The first-order chi connectivity index (χ1) is 12.7. The molecule has 0 aliphatic carbocycles. The number of hydrogen-bond donors (Lipinski definition) is 4. The van der Waals surface area contributed by atoms with Crippen molar-refractivity contribution in [3.8, 4) is 0 Å². The summed E-state index contributed by atoms with van der Waals surface area (Å²) in [5, 5.41) is 44.4. The fourth-order valence-corrected chi connectivity index (χ4v) is 2.65. The molecule has 1 aromatic carbocycles. The number of aliphatic hydroxyl groups excluding tert-OH is 2. The third kappa shape index (κ3) is 4.35. The van der Waals surface area contributed by atoms with Crippen LogP contribution in [0.15, 0.2) is 18.2 Å². The minimum atomic E-state index is -1.52. The molecule has 1 aliphatic heterocycles. The molecule has 1 heterocycles. The Labute approximate surface area is 152 Å². The van der Waals surface area contributed by atoms with Crippen LogP contribution in [0.3, 0.4) is 0 Å². The van der Waals surface area contributed by atoms with E-state index in [1.54, 1.807) is 0 Å². The molecule has 5 N–H and O–H groups in total. The first-order valence-electron chi connectivity index (χ1n) is 7.68. The third-order valence-corrected chi connectivity index (χ3v) is 4.05. The summed E-state index contributed by atoms with van der Waals surface area (Å²) in [5.41, 5.74) is 3.75. The number of nitro groups is 2. The highest BCUT2D eigenvalue weighted by Gasteiger charge is 2.45. The fraction of sp³-hybridized carbons (Fsp3) is 0.500. The summed E-state index contributed by atoms with van der Waals surface area (Å²) in [7, 11) is 1.24. The van der Waals surface area contributed by atoms with E-state index in [0.717, 1.165) is 12.1 Å². The number of amides is 1. The molecule has 148 valence electrons. The maximum Gasteiger partial charge on any atom is 0.277 e. The van der Waals surface area contributed by atoms with Crippen LogP contribution >= 0.6 is 0 Å². The molecule has 13 heteroatoms. The van der Waals surface area contributed by atoms with Gasteiger partial charge in [0.15, 0.2) is 6.29 Å². The van der Waals surface area contributed by atoms with E-state index in [1.165, 1.54) is 7.11 Å². The molecule has 1 unspecified atom stereocenters. The van der Waals surface area contributed by atoms with Crippen LogP contribution in [0.2, 0.25) is 0 Å².